The molecule has 1 atom stereocenters. The summed E-state index contributed by atoms with van der Waals surface area (Å²) < 4.78 is 10.8. The molecule has 0 radical (unpaired) electrons. The number of carbonyl (C=O) groups is 4. The van der Waals surface area contributed by atoms with Crippen molar-refractivity contribution in [1.82, 2.24) is 0 Å². The molecule has 8 nitrogen and oxygen atoms in total. The van der Waals surface area contributed by atoms with E-state index in [1.165, 1.54) is 18.7 Å². The summed E-state index contributed by atoms with van der Waals surface area (Å²) in [5.41, 5.74) is 1.49. The molecule has 1 heterocycles. The third-order valence-corrected chi connectivity index (χ3v) is 4.55. The van der Waals surface area contributed by atoms with Gasteiger partial charge in [-0.3, -0.25) is 24.1 Å². The van der Waals surface area contributed by atoms with Gasteiger partial charge < -0.3 is 14.8 Å². The molecule has 0 unspecified atom stereocenters. The van der Waals surface area contributed by atoms with Crippen molar-refractivity contribution in [3.63, 3.8) is 0 Å². The largest absolute Gasteiger partial charge is 0.491 e. The lowest BCUT2D eigenvalue weighted by Crippen LogP contribution is -2.39. The summed E-state index contributed by atoms with van der Waals surface area (Å²) in [6.07, 6.45) is -0.938. The number of ether oxygens (including phenoxy) is 2. The number of benzene rings is 2. The predicted molar refractivity (Wildman–Crippen MR) is 110 cm³/mol. The van der Waals surface area contributed by atoms with Crippen LogP contribution in [0.5, 0.6) is 5.75 Å². The molecule has 0 saturated carbocycles. The SMILES string of the molecule is CC(=O)c1ccc(NC(=O)[C@@H](C)OC(=O)CN2C(=O)CCOc3ccccc32)cc1. The quantitative estimate of drug-likeness (QED) is 0.580. The highest BCUT2D eigenvalue weighted by molar-refractivity contribution is 6.00. The molecule has 2 aromatic rings. The van der Waals surface area contributed by atoms with Crippen molar-refractivity contribution in [2.24, 2.45) is 0 Å². The molecule has 1 aliphatic rings. The van der Waals surface area contributed by atoms with Crippen LogP contribution in [-0.2, 0) is 19.1 Å². The first kappa shape index (κ1) is 21.0. The first-order valence-corrected chi connectivity index (χ1v) is 9.48. The Morgan fingerprint density at radius 3 is 2.53 bits per heavy atom. The van der Waals surface area contributed by atoms with Gasteiger partial charge in [0.05, 0.1) is 18.7 Å². The molecule has 0 aliphatic carbocycles. The van der Waals surface area contributed by atoms with Gasteiger partial charge in [0.25, 0.3) is 5.91 Å². The van der Waals surface area contributed by atoms with Gasteiger partial charge in [0.2, 0.25) is 5.91 Å². The number of ketones is 1. The van der Waals surface area contributed by atoms with Gasteiger partial charge in [0, 0.05) is 11.3 Å². The van der Waals surface area contributed by atoms with Crippen molar-refractivity contribution in [3.8, 4) is 5.75 Å². The van der Waals surface area contributed by atoms with Crippen LogP contribution in [0.2, 0.25) is 0 Å². The van der Waals surface area contributed by atoms with Crippen LogP contribution in [0.3, 0.4) is 0 Å². The normalized spacial score (nSPS) is 14.1. The summed E-state index contributed by atoms with van der Waals surface area (Å²) in [4.78, 5) is 49.7. The molecule has 1 aliphatic heterocycles. The molecular weight excluding hydrogens is 388 g/mol. The summed E-state index contributed by atoms with van der Waals surface area (Å²) >= 11 is 0. The van der Waals surface area contributed by atoms with E-state index in [9.17, 15) is 19.2 Å². The molecule has 30 heavy (non-hydrogen) atoms. The lowest BCUT2D eigenvalue weighted by atomic mass is 10.1. The van der Waals surface area contributed by atoms with Crippen LogP contribution in [0.1, 0.15) is 30.6 Å². The van der Waals surface area contributed by atoms with E-state index in [4.69, 9.17) is 9.47 Å². The van der Waals surface area contributed by atoms with E-state index < -0.39 is 18.0 Å². The molecule has 3 rings (SSSR count). The highest BCUT2D eigenvalue weighted by atomic mass is 16.5. The maximum Gasteiger partial charge on any atom is 0.326 e. The van der Waals surface area contributed by atoms with Gasteiger partial charge in [-0.25, -0.2) is 0 Å². The minimum Gasteiger partial charge on any atom is -0.491 e. The minimum atomic E-state index is -1.07. The third kappa shape index (κ3) is 5.02. The Balaban J connectivity index is 1.60. The fraction of sp³-hybridized carbons (Fsp3) is 0.273. The Labute approximate surface area is 173 Å². The van der Waals surface area contributed by atoms with E-state index in [0.717, 1.165) is 0 Å². The third-order valence-electron chi connectivity index (χ3n) is 4.55. The topological polar surface area (TPSA) is 102 Å². The van der Waals surface area contributed by atoms with Crippen LogP contribution in [0.25, 0.3) is 0 Å². The second-order valence-electron chi connectivity index (χ2n) is 6.80. The molecule has 2 amide bonds. The first-order valence-electron chi connectivity index (χ1n) is 9.48. The Morgan fingerprint density at radius 2 is 1.83 bits per heavy atom. The van der Waals surface area contributed by atoms with Gasteiger partial charge in [-0.15, -0.1) is 0 Å². The van der Waals surface area contributed by atoms with Gasteiger partial charge in [0.1, 0.15) is 12.3 Å². The molecule has 0 aromatic heterocycles. The lowest BCUT2D eigenvalue weighted by Gasteiger charge is -2.22. The number of nitrogens with one attached hydrogen (secondary N) is 1. The molecule has 8 heteroatoms. The van der Waals surface area contributed by atoms with Crippen LogP contribution < -0.4 is 15.0 Å². The van der Waals surface area contributed by atoms with Crippen LogP contribution in [-0.4, -0.2) is 42.8 Å². The number of esters is 1. The first-order chi connectivity index (χ1) is 14.3. The van der Waals surface area contributed by atoms with Crippen molar-refractivity contribution in [3.05, 3.63) is 54.1 Å². The Kier molecular flexibility index (Phi) is 6.46. The van der Waals surface area contributed by atoms with Gasteiger partial charge >= 0.3 is 5.97 Å². The number of fused-ring (bicyclic) bond motifs is 1. The summed E-state index contributed by atoms with van der Waals surface area (Å²) in [7, 11) is 0. The number of amides is 2. The minimum absolute atomic E-state index is 0.0785. The smallest absolute Gasteiger partial charge is 0.326 e. The van der Waals surface area contributed by atoms with Crippen molar-refractivity contribution in [2.75, 3.05) is 23.4 Å². The second-order valence-corrected chi connectivity index (χ2v) is 6.80. The average Bonchev–Trinajstić information content (AvgIpc) is 2.87. The fourth-order valence-corrected chi connectivity index (χ4v) is 2.94. The predicted octanol–water partition coefficient (Wildman–Crippen LogP) is 2.58. The van der Waals surface area contributed by atoms with Crippen LogP contribution >= 0.6 is 0 Å². The van der Waals surface area contributed by atoms with Crippen molar-refractivity contribution in [1.29, 1.82) is 0 Å². The van der Waals surface area contributed by atoms with Crippen LogP contribution in [0, 0.1) is 0 Å². The van der Waals surface area contributed by atoms with E-state index >= 15 is 0 Å². The van der Waals surface area contributed by atoms with Crippen molar-refractivity contribution < 1.29 is 28.7 Å². The summed E-state index contributed by atoms with van der Waals surface area (Å²) in [5.74, 6) is -1.07. The highest BCUT2D eigenvalue weighted by Crippen LogP contribution is 2.30. The molecule has 0 saturated heterocycles. The van der Waals surface area contributed by atoms with E-state index in [1.807, 2.05) is 0 Å². The Bertz CT molecular complexity index is 970. The summed E-state index contributed by atoms with van der Waals surface area (Å²) in [6.45, 7) is 2.79. The zero-order valence-electron chi connectivity index (χ0n) is 16.7. The van der Waals surface area contributed by atoms with Gasteiger partial charge in [-0.1, -0.05) is 12.1 Å². The Morgan fingerprint density at radius 1 is 1.13 bits per heavy atom. The fourth-order valence-electron chi connectivity index (χ4n) is 2.94. The van der Waals surface area contributed by atoms with Gasteiger partial charge in [-0.2, -0.15) is 0 Å². The lowest BCUT2D eigenvalue weighted by molar-refractivity contribution is -0.152. The standard InChI is InChI=1S/C22H22N2O6/c1-14(25)16-7-9-17(10-8-16)23-22(28)15(2)30-21(27)13-24-18-5-3-4-6-19(18)29-12-11-20(24)26/h3-10,15H,11-13H2,1-2H3,(H,23,28)/t15-/m1/s1. The van der Waals surface area contributed by atoms with Crippen molar-refractivity contribution in [2.45, 2.75) is 26.4 Å². The number of hydrogen-bond acceptors (Lipinski definition) is 6. The number of nitrogens with zero attached hydrogens (tertiary/aromatic N) is 1. The molecule has 0 bridgehead atoms. The maximum absolute atomic E-state index is 12.4. The van der Waals surface area contributed by atoms with Crippen molar-refractivity contribution >= 4 is 34.9 Å². The number of hydrogen-bond donors (Lipinski definition) is 1. The number of carbonyl (C=O) groups excluding carboxylic acids is 4. The molecule has 2 aromatic carbocycles. The average molecular weight is 410 g/mol. The summed E-state index contributed by atoms with van der Waals surface area (Å²) in [5, 5.41) is 2.62. The van der Waals surface area contributed by atoms with Crippen LogP contribution in [0.15, 0.2) is 48.5 Å². The van der Waals surface area contributed by atoms with Gasteiger partial charge in [-0.05, 0) is 50.2 Å². The molecule has 156 valence electrons. The maximum atomic E-state index is 12.4. The zero-order chi connectivity index (χ0) is 21.7. The van der Waals surface area contributed by atoms with E-state index in [0.29, 0.717) is 22.7 Å². The monoisotopic (exact) mass is 410 g/mol. The number of rotatable bonds is 6. The Hall–Kier alpha value is -3.68. The second kappa shape index (κ2) is 9.21. The molecule has 1 N–H and O–H groups in total. The van der Waals surface area contributed by atoms with Crippen LogP contribution in [0.4, 0.5) is 11.4 Å². The zero-order valence-corrected chi connectivity index (χ0v) is 16.7. The number of para-hydroxylation sites is 2. The van der Waals surface area contributed by atoms with E-state index in [-0.39, 0.29) is 31.3 Å². The van der Waals surface area contributed by atoms with E-state index in [2.05, 4.69) is 5.32 Å². The molecule has 0 spiro atoms. The number of anilines is 2. The summed E-state index contributed by atoms with van der Waals surface area (Å²) in [6, 6.07) is 13.3. The van der Waals surface area contributed by atoms with E-state index in [1.54, 1.807) is 48.5 Å². The highest BCUT2D eigenvalue weighted by Gasteiger charge is 2.27. The number of Topliss-reactive ketones (excluding diaryl/α,β-unsaturated/α-hetero) is 1. The van der Waals surface area contributed by atoms with Gasteiger partial charge in [0.15, 0.2) is 11.9 Å². The molecular formula is C22H22N2O6. The molecule has 0 fully saturated rings.